The highest BCUT2D eigenvalue weighted by atomic mass is 79.9. The largest absolute Gasteiger partial charge is 0.379 e. The SMILES string of the molecule is CC(CBr)COCCOC(C)C. The van der Waals surface area contributed by atoms with Gasteiger partial charge < -0.3 is 9.47 Å². The van der Waals surface area contributed by atoms with E-state index in [0.717, 1.165) is 11.9 Å². The molecule has 2 nitrogen and oxygen atoms in total. The lowest BCUT2D eigenvalue weighted by Gasteiger charge is -2.10. The second-order valence-electron chi connectivity index (χ2n) is 3.25. The molecule has 0 N–H and O–H groups in total. The number of rotatable bonds is 7. The number of hydrogen-bond donors (Lipinski definition) is 0. The summed E-state index contributed by atoms with van der Waals surface area (Å²) in [6, 6.07) is 0. The zero-order valence-electron chi connectivity index (χ0n) is 8.18. The molecule has 1 unspecified atom stereocenters. The van der Waals surface area contributed by atoms with Crippen molar-refractivity contribution < 1.29 is 9.47 Å². The van der Waals surface area contributed by atoms with Gasteiger partial charge in [-0.1, -0.05) is 22.9 Å². The van der Waals surface area contributed by atoms with Crippen LogP contribution >= 0.6 is 15.9 Å². The van der Waals surface area contributed by atoms with Crippen molar-refractivity contribution in [1.82, 2.24) is 0 Å². The maximum Gasteiger partial charge on any atom is 0.0703 e. The van der Waals surface area contributed by atoms with E-state index in [1.54, 1.807) is 0 Å². The Kier molecular flexibility index (Phi) is 8.29. The van der Waals surface area contributed by atoms with Crippen LogP contribution in [-0.2, 0) is 9.47 Å². The first kappa shape index (κ1) is 12.4. The van der Waals surface area contributed by atoms with Gasteiger partial charge in [0.05, 0.1) is 25.9 Å². The Morgan fingerprint density at radius 2 is 1.83 bits per heavy atom. The third-order valence-corrected chi connectivity index (χ3v) is 2.45. The highest BCUT2D eigenvalue weighted by Crippen LogP contribution is 1.99. The average Bonchev–Trinajstić information content (AvgIpc) is 2.03. The van der Waals surface area contributed by atoms with E-state index < -0.39 is 0 Å². The molecule has 0 aliphatic heterocycles. The molecule has 0 aliphatic rings. The van der Waals surface area contributed by atoms with E-state index in [0.29, 0.717) is 25.2 Å². The molecule has 0 radical (unpaired) electrons. The van der Waals surface area contributed by atoms with E-state index in [4.69, 9.17) is 9.47 Å². The van der Waals surface area contributed by atoms with Gasteiger partial charge in [-0.3, -0.25) is 0 Å². The van der Waals surface area contributed by atoms with Crippen molar-refractivity contribution in [3.05, 3.63) is 0 Å². The van der Waals surface area contributed by atoms with Crippen molar-refractivity contribution in [2.75, 3.05) is 25.2 Å². The van der Waals surface area contributed by atoms with Crippen LogP contribution in [0.15, 0.2) is 0 Å². The molecular weight excluding hydrogens is 220 g/mol. The minimum atomic E-state index is 0.308. The summed E-state index contributed by atoms with van der Waals surface area (Å²) in [6.07, 6.45) is 0.308. The molecule has 0 rings (SSSR count). The Balaban J connectivity index is 3.00. The second kappa shape index (κ2) is 8.02. The molecule has 12 heavy (non-hydrogen) atoms. The van der Waals surface area contributed by atoms with Crippen LogP contribution in [0.5, 0.6) is 0 Å². The lowest BCUT2D eigenvalue weighted by molar-refractivity contribution is 0.0132. The van der Waals surface area contributed by atoms with Crippen molar-refractivity contribution in [1.29, 1.82) is 0 Å². The van der Waals surface area contributed by atoms with Gasteiger partial charge in [0.25, 0.3) is 0 Å². The zero-order chi connectivity index (χ0) is 9.40. The quantitative estimate of drug-likeness (QED) is 0.502. The topological polar surface area (TPSA) is 18.5 Å². The lowest BCUT2D eigenvalue weighted by Crippen LogP contribution is -2.13. The maximum absolute atomic E-state index is 5.38. The van der Waals surface area contributed by atoms with Gasteiger partial charge in [0.1, 0.15) is 0 Å². The van der Waals surface area contributed by atoms with Gasteiger partial charge >= 0.3 is 0 Å². The monoisotopic (exact) mass is 238 g/mol. The molecule has 0 saturated carbocycles. The number of halogens is 1. The third kappa shape index (κ3) is 8.50. The minimum absolute atomic E-state index is 0.308. The van der Waals surface area contributed by atoms with Crippen LogP contribution in [0.1, 0.15) is 20.8 Å². The van der Waals surface area contributed by atoms with Gasteiger partial charge in [0, 0.05) is 5.33 Å². The van der Waals surface area contributed by atoms with E-state index in [-0.39, 0.29) is 0 Å². The van der Waals surface area contributed by atoms with Gasteiger partial charge in [-0.15, -0.1) is 0 Å². The molecule has 0 fully saturated rings. The van der Waals surface area contributed by atoms with E-state index >= 15 is 0 Å². The molecule has 0 spiro atoms. The minimum Gasteiger partial charge on any atom is -0.379 e. The Morgan fingerprint density at radius 1 is 1.17 bits per heavy atom. The van der Waals surface area contributed by atoms with Crippen molar-refractivity contribution >= 4 is 15.9 Å². The first-order valence-corrected chi connectivity index (χ1v) is 5.54. The lowest BCUT2D eigenvalue weighted by atomic mass is 10.2. The van der Waals surface area contributed by atoms with Crippen molar-refractivity contribution in [3.8, 4) is 0 Å². The highest BCUT2D eigenvalue weighted by Gasteiger charge is 1.99. The summed E-state index contributed by atoms with van der Waals surface area (Å²) in [4.78, 5) is 0. The first-order chi connectivity index (χ1) is 5.66. The summed E-state index contributed by atoms with van der Waals surface area (Å²) in [5.41, 5.74) is 0. The summed E-state index contributed by atoms with van der Waals surface area (Å²) in [6.45, 7) is 8.43. The summed E-state index contributed by atoms with van der Waals surface area (Å²) in [5, 5.41) is 0.998. The molecule has 0 bridgehead atoms. The standard InChI is InChI=1S/C9H19BrO2/c1-8(2)12-5-4-11-7-9(3)6-10/h8-9H,4-7H2,1-3H3. The van der Waals surface area contributed by atoms with Crippen LogP contribution in [0.25, 0.3) is 0 Å². The van der Waals surface area contributed by atoms with Crippen LogP contribution in [0, 0.1) is 5.92 Å². The van der Waals surface area contributed by atoms with Gasteiger partial charge in [0.2, 0.25) is 0 Å². The number of alkyl halides is 1. The number of ether oxygens (including phenoxy) is 2. The molecule has 0 aliphatic carbocycles. The van der Waals surface area contributed by atoms with Crippen LogP contribution in [0.2, 0.25) is 0 Å². The third-order valence-electron chi connectivity index (χ3n) is 1.34. The van der Waals surface area contributed by atoms with Crippen molar-refractivity contribution in [3.63, 3.8) is 0 Å². The van der Waals surface area contributed by atoms with Crippen LogP contribution in [-0.4, -0.2) is 31.3 Å². The van der Waals surface area contributed by atoms with Crippen LogP contribution in [0.3, 0.4) is 0 Å². The molecule has 0 aromatic rings. The molecule has 3 heteroatoms. The normalized spacial score (nSPS) is 13.8. The smallest absolute Gasteiger partial charge is 0.0703 e. The molecular formula is C9H19BrO2. The summed E-state index contributed by atoms with van der Waals surface area (Å²) in [7, 11) is 0. The Bertz CT molecular complexity index is 96.5. The number of hydrogen-bond acceptors (Lipinski definition) is 2. The summed E-state index contributed by atoms with van der Waals surface area (Å²) < 4.78 is 10.7. The molecule has 0 aromatic carbocycles. The fraction of sp³-hybridized carbons (Fsp3) is 1.00. The molecule has 0 saturated heterocycles. The van der Waals surface area contributed by atoms with Gasteiger partial charge in [-0.05, 0) is 19.8 Å². The molecule has 0 heterocycles. The average molecular weight is 239 g/mol. The van der Waals surface area contributed by atoms with Crippen LogP contribution < -0.4 is 0 Å². The van der Waals surface area contributed by atoms with Crippen molar-refractivity contribution in [2.24, 2.45) is 5.92 Å². The highest BCUT2D eigenvalue weighted by molar-refractivity contribution is 9.09. The summed E-state index contributed by atoms with van der Waals surface area (Å²) >= 11 is 3.40. The van der Waals surface area contributed by atoms with E-state index in [1.807, 2.05) is 13.8 Å². The molecule has 0 amide bonds. The Morgan fingerprint density at radius 3 is 2.33 bits per heavy atom. The van der Waals surface area contributed by atoms with Gasteiger partial charge in [0.15, 0.2) is 0 Å². The fourth-order valence-corrected chi connectivity index (χ4v) is 0.859. The molecule has 0 aromatic heterocycles. The van der Waals surface area contributed by atoms with E-state index in [2.05, 4.69) is 22.9 Å². The molecule has 74 valence electrons. The maximum atomic E-state index is 5.38. The molecule has 1 atom stereocenters. The predicted molar refractivity (Wildman–Crippen MR) is 54.9 cm³/mol. The van der Waals surface area contributed by atoms with E-state index in [9.17, 15) is 0 Å². The Hall–Kier alpha value is 0.400. The first-order valence-electron chi connectivity index (χ1n) is 4.42. The van der Waals surface area contributed by atoms with Gasteiger partial charge in [-0.25, -0.2) is 0 Å². The van der Waals surface area contributed by atoms with Crippen molar-refractivity contribution in [2.45, 2.75) is 26.9 Å². The zero-order valence-corrected chi connectivity index (χ0v) is 9.76. The summed E-state index contributed by atoms with van der Waals surface area (Å²) in [5.74, 6) is 0.587. The fourth-order valence-electron chi connectivity index (χ4n) is 0.672. The van der Waals surface area contributed by atoms with Gasteiger partial charge in [-0.2, -0.15) is 0 Å². The van der Waals surface area contributed by atoms with Crippen LogP contribution in [0.4, 0.5) is 0 Å². The Labute approximate surface area is 83.8 Å². The van der Waals surface area contributed by atoms with E-state index in [1.165, 1.54) is 0 Å². The predicted octanol–water partition coefficient (Wildman–Crippen LogP) is 2.46. The second-order valence-corrected chi connectivity index (χ2v) is 3.90.